The van der Waals surface area contributed by atoms with Crippen LogP contribution in [0.4, 0.5) is 0 Å². The number of hydrogen-bond donors (Lipinski definition) is 0. The Balaban J connectivity index is 0.000000980. The molecule has 5 heteroatoms. The molecule has 1 aromatic rings. The van der Waals surface area contributed by atoms with Gasteiger partial charge in [-0.05, 0) is 6.92 Å². The maximum Gasteiger partial charge on any atom is 0.181 e. The molecule has 0 aromatic carbocycles. The van der Waals surface area contributed by atoms with Crippen molar-refractivity contribution in [2.24, 2.45) is 0 Å². The van der Waals surface area contributed by atoms with Crippen LogP contribution in [0.25, 0.3) is 0 Å². The van der Waals surface area contributed by atoms with Crippen molar-refractivity contribution in [3.63, 3.8) is 0 Å². The van der Waals surface area contributed by atoms with Crippen molar-refractivity contribution in [1.29, 1.82) is 0 Å². The van der Waals surface area contributed by atoms with Crippen LogP contribution < -0.4 is 0 Å². The van der Waals surface area contributed by atoms with Crippen molar-refractivity contribution in [1.82, 2.24) is 9.88 Å². The standard InChI is InChI=1S/C9H14N2O2.ClH/c1-8-9(13-7-10-8)6-11-2-4-12-5-3-11;/h7H,2-6H2,1H3;1H. The summed E-state index contributed by atoms with van der Waals surface area (Å²) in [5.74, 6) is 0.974. The minimum Gasteiger partial charge on any atom is -0.447 e. The summed E-state index contributed by atoms with van der Waals surface area (Å²) in [4.78, 5) is 6.37. The second kappa shape index (κ2) is 5.34. The number of halogens is 1. The maximum absolute atomic E-state index is 5.27. The molecule has 0 atom stereocenters. The Morgan fingerprint density at radius 2 is 2.14 bits per heavy atom. The third kappa shape index (κ3) is 2.70. The van der Waals surface area contributed by atoms with Crippen LogP contribution in [0.15, 0.2) is 10.8 Å². The molecule has 1 aliphatic heterocycles. The number of hydrogen-bond acceptors (Lipinski definition) is 4. The highest BCUT2D eigenvalue weighted by Crippen LogP contribution is 2.09. The molecule has 80 valence electrons. The molecule has 1 aromatic heterocycles. The fraction of sp³-hybridized carbons (Fsp3) is 0.667. The van der Waals surface area contributed by atoms with Gasteiger partial charge in [-0.2, -0.15) is 0 Å². The van der Waals surface area contributed by atoms with E-state index in [2.05, 4.69) is 9.88 Å². The first-order chi connectivity index (χ1) is 6.36. The van der Waals surface area contributed by atoms with Gasteiger partial charge in [-0.15, -0.1) is 12.4 Å². The van der Waals surface area contributed by atoms with Gasteiger partial charge in [0.05, 0.1) is 25.5 Å². The minimum absolute atomic E-state index is 0. The van der Waals surface area contributed by atoms with Crippen molar-refractivity contribution in [2.45, 2.75) is 13.5 Å². The second-order valence-electron chi connectivity index (χ2n) is 3.25. The van der Waals surface area contributed by atoms with Crippen LogP contribution in [0.5, 0.6) is 0 Å². The minimum atomic E-state index is 0. The summed E-state index contributed by atoms with van der Waals surface area (Å²) in [6.45, 7) is 6.45. The Kier molecular flexibility index (Phi) is 4.38. The monoisotopic (exact) mass is 218 g/mol. The van der Waals surface area contributed by atoms with Gasteiger partial charge < -0.3 is 9.15 Å². The summed E-state index contributed by atoms with van der Waals surface area (Å²) in [5, 5.41) is 0. The van der Waals surface area contributed by atoms with Crippen molar-refractivity contribution >= 4 is 12.4 Å². The van der Waals surface area contributed by atoms with Gasteiger partial charge in [0, 0.05) is 13.1 Å². The predicted molar refractivity (Wildman–Crippen MR) is 54.6 cm³/mol. The summed E-state index contributed by atoms with van der Waals surface area (Å²) in [7, 11) is 0. The average Bonchev–Trinajstić information content (AvgIpc) is 2.54. The molecule has 2 rings (SSSR count). The number of aromatic nitrogens is 1. The van der Waals surface area contributed by atoms with Gasteiger partial charge in [-0.25, -0.2) is 4.98 Å². The third-order valence-corrected chi connectivity index (χ3v) is 2.32. The molecule has 0 saturated carbocycles. The van der Waals surface area contributed by atoms with Crippen LogP contribution >= 0.6 is 12.4 Å². The van der Waals surface area contributed by atoms with Crippen LogP contribution in [0.3, 0.4) is 0 Å². The van der Waals surface area contributed by atoms with Crippen molar-refractivity contribution in [2.75, 3.05) is 26.3 Å². The van der Waals surface area contributed by atoms with E-state index in [1.165, 1.54) is 6.39 Å². The second-order valence-corrected chi connectivity index (χ2v) is 3.25. The molecule has 1 saturated heterocycles. The third-order valence-electron chi connectivity index (χ3n) is 2.32. The van der Waals surface area contributed by atoms with Crippen molar-refractivity contribution in [3.05, 3.63) is 17.8 Å². The Hall–Kier alpha value is -0.580. The molecule has 2 heterocycles. The quantitative estimate of drug-likeness (QED) is 0.749. The van der Waals surface area contributed by atoms with Gasteiger partial charge in [0.2, 0.25) is 0 Å². The lowest BCUT2D eigenvalue weighted by Crippen LogP contribution is -2.35. The van der Waals surface area contributed by atoms with Crippen molar-refractivity contribution < 1.29 is 9.15 Å². The molecule has 0 aliphatic carbocycles. The van der Waals surface area contributed by atoms with Crippen LogP contribution in [-0.2, 0) is 11.3 Å². The zero-order valence-corrected chi connectivity index (χ0v) is 9.05. The lowest BCUT2D eigenvalue weighted by Gasteiger charge is -2.25. The lowest BCUT2D eigenvalue weighted by atomic mass is 10.3. The first-order valence-electron chi connectivity index (χ1n) is 4.55. The first-order valence-corrected chi connectivity index (χ1v) is 4.55. The molecule has 0 amide bonds. The highest BCUT2D eigenvalue weighted by Gasteiger charge is 2.13. The van der Waals surface area contributed by atoms with E-state index in [0.717, 1.165) is 44.3 Å². The molecule has 0 unspecified atom stereocenters. The summed E-state index contributed by atoms with van der Waals surface area (Å²) in [5.41, 5.74) is 0.992. The van der Waals surface area contributed by atoms with Crippen LogP contribution in [-0.4, -0.2) is 36.2 Å². The normalized spacial score (nSPS) is 17.8. The Morgan fingerprint density at radius 1 is 1.43 bits per heavy atom. The van der Waals surface area contributed by atoms with E-state index < -0.39 is 0 Å². The zero-order chi connectivity index (χ0) is 9.10. The SMILES string of the molecule is Cc1ncoc1CN1CCOCC1.Cl. The summed E-state index contributed by atoms with van der Waals surface area (Å²) in [6, 6.07) is 0. The van der Waals surface area contributed by atoms with Crippen molar-refractivity contribution in [3.8, 4) is 0 Å². The highest BCUT2D eigenvalue weighted by atomic mass is 35.5. The number of morpholine rings is 1. The van der Waals surface area contributed by atoms with E-state index in [9.17, 15) is 0 Å². The van der Waals surface area contributed by atoms with E-state index in [0.29, 0.717) is 0 Å². The number of aryl methyl sites for hydroxylation is 1. The zero-order valence-electron chi connectivity index (χ0n) is 8.23. The molecule has 1 fully saturated rings. The van der Waals surface area contributed by atoms with Crippen LogP contribution in [0, 0.1) is 6.92 Å². The van der Waals surface area contributed by atoms with E-state index in [4.69, 9.17) is 9.15 Å². The lowest BCUT2D eigenvalue weighted by molar-refractivity contribution is 0.0312. The fourth-order valence-electron chi connectivity index (χ4n) is 1.44. The topological polar surface area (TPSA) is 38.5 Å². The van der Waals surface area contributed by atoms with Gasteiger partial charge >= 0.3 is 0 Å². The summed E-state index contributed by atoms with van der Waals surface area (Å²) in [6.07, 6.45) is 1.51. The van der Waals surface area contributed by atoms with Crippen LogP contribution in [0.2, 0.25) is 0 Å². The maximum atomic E-state index is 5.27. The van der Waals surface area contributed by atoms with Gasteiger partial charge in [-0.3, -0.25) is 4.90 Å². The molecule has 4 nitrogen and oxygen atoms in total. The summed E-state index contributed by atoms with van der Waals surface area (Å²) >= 11 is 0. The first kappa shape index (κ1) is 11.5. The Bertz CT molecular complexity index is 272. The fourth-order valence-corrected chi connectivity index (χ4v) is 1.44. The molecule has 0 spiro atoms. The Labute approximate surface area is 89.7 Å². The molecular formula is C9H15ClN2O2. The highest BCUT2D eigenvalue weighted by molar-refractivity contribution is 5.85. The van der Waals surface area contributed by atoms with Gasteiger partial charge in [0.15, 0.2) is 6.39 Å². The van der Waals surface area contributed by atoms with E-state index in [-0.39, 0.29) is 12.4 Å². The number of ether oxygens (including phenoxy) is 1. The Morgan fingerprint density at radius 3 is 2.71 bits per heavy atom. The predicted octanol–water partition coefficient (Wildman–Crippen LogP) is 1.24. The molecule has 1 aliphatic rings. The largest absolute Gasteiger partial charge is 0.447 e. The number of oxazole rings is 1. The number of rotatable bonds is 2. The molecule has 0 bridgehead atoms. The molecular weight excluding hydrogens is 204 g/mol. The molecule has 0 N–H and O–H groups in total. The number of nitrogens with zero attached hydrogens (tertiary/aromatic N) is 2. The van der Waals surface area contributed by atoms with E-state index >= 15 is 0 Å². The molecule has 0 radical (unpaired) electrons. The van der Waals surface area contributed by atoms with Gasteiger partial charge in [0.25, 0.3) is 0 Å². The van der Waals surface area contributed by atoms with Gasteiger partial charge in [-0.1, -0.05) is 0 Å². The smallest absolute Gasteiger partial charge is 0.181 e. The van der Waals surface area contributed by atoms with E-state index in [1.807, 2.05) is 6.92 Å². The summed E-state index contributed by atoms with van der Waals surface area (Å²) < 4.78 is 10.5. The van der Waals surface area contributed by atoms with E-state index in [1.54, 1.807) is 0 Å². The van der Waals surface area contributed by atoms with Crippen LogP contribution in [0.1, 0.15) is 11.5 Å². The molecule has 14 heavy (non-hydrogen) atoms. The average molecular weight is 219 g/mol. The van der Waals surface area contributed by atoms with Gasteiger partial charge in [0.1, 0.15) is 5.76 Å².